The van der Waals surface area contributed by atoms with Gasteiger partial charge in [0.2, 0.25) is 0 Å². The van der Waals surface area contributed by atoms with Gasteiger partial charge in [-0.1, -0.05) is 5.16 Å². The molecule has 0 aliphatic carbocycles. The van der Waals surface area contributed by atoms with E-state index in [1.807, 2.05) is 0 Å². The Kier molecular flexibility index (Phi) is 3.74. The van der Waals surface area contributed by atoms with Crippen LogP contribution >= 0.6 is 0 Å². The largest absolute Gasteiger partial charge is 0.454 e. The molecule has 0 bridgehead atoms. The van der Waals surface area contributed by atoms with Crippen molar-refractivity contribution in [1.82, 2.24) is 10.1 Å². The molecule has 2 heterocycles. The SMILES string of the molecule is CC(=O)c1c(C)[nH]c(C(=O)OCc2cc(C)on2)c1C. The standard InChI is InChI=1S/C14H16N2O4/c1-7-5-11(16-20-7)6-19-14(18)13-8(2)12(10(4)17)9(3)15-13/h5,15H,6H2,1-4H3. The van der Waals surface area contributed by atoms with Gasteiger partial charge < -0.3 is 14.2 Å². The van der Waals surface area contributed by atoms with Crippen molar-refractivity contribution in [2.75, 3.05) is 0 Å². The molecule has 0 saturated carbocycles. The minimum atomic E-state index is -0.515. The molecule has 0 aliphatic rings. The Bertz CT molecular complexity index is 667. The second kappa shape index (κ2) is 5.32. The number of ketones is 1. The monoisotopic (exact) mass is 276 g/mol. The number of nitrogens with one attached hydrogen (secondary N) is 1. The number of H-pyrrole nitrogens is 1. The summed E-state index contributed by atoms with van der Waals surface area (Å²) >= 11 is 0. The lowest BCUT2D eigenvalue weighted by molar-refractivity contribution is 0.0457. The van der Waals surface area contributed by atoms with Gasteiger partial charge in [0.05, 0.1) is 0 Å². The molecule has 6 nitrogen and oxygen atoms in total. The number of hydrogen-bond acceptors (Lipinski definition) is 5. The molecule has 2 aromatic rings. The van der Waals surface area contributed by atoms with Gasteiger partial charge in [0.1, 0.15) is 23.8 Å². The molecule has 0 aliphatic heterocycles. The van der Waals surface area contributed by atoms with Crippen molar-refractivity contribution < 1.29 is 18.8 Å². The number of aromatic nitrogens is 2. The first kappa shape index (κ1) is 14.0. The lowest BCUT2D eigenvalue weighted by Gasteiger charge is -2.02. The van der Waals surface area contributed by atoms with Gasteiger partial charge in [0.15, 0.2) is 5.78 Å². The molecule has 0 atom stereocenters. The minimum absolute atomic E-state index is 0.0308. The van der Waals surface area contributed by atoms with Crippen molar-refractivity contribution in [3.8, 4) is 0 Å². The quantitative estimate of drug-likeness (QED) is 0.685. The van der Waals surface area contributed by atoms with E-state index in [0.29, 0.717) is 34.0 Å². The van der Waals surface area contributed by atoms with Gasteiger partial charge in [-0.15, -0.1) is 0 Å². The van der Waals surface area contributed by atoms with E-state index in [9.17, 15) is 9.59 Å². The maximum absolute atomic E-state index is 12.0. The number of carbonyl (C=O) groups is 2. The van der Waals surface area contributed by atoms with E-state index in [0.717, 1.165) is 0 Å². The van der Waals surface area contributed by atoms with E-state index in [4.69, 9.17) is 9.26 Å². The van der Waals surface area contributed by atoms with Gasteiger partial charge in [0.25, 0.3) is 0 Å². The molecule has 6 heteroatoms. The van der Waals surface area contributed by atoms with Crippen LogP contribution in [0.5, 0.6) is 0 Å². The van der Waals surface area contributed by atoms with Crippen LogP contribution < -0.4 is 0 Å². The predicted octanol–water partition coefficient (Wildman–Crippen LogP) is 2.49. The van der Waals surface area contributed by atoms with Crippen molar-refractivity contribution >= 4 is 11.8 Å². The third kappa shape index (κ3) is 2.64. The van der Waals surface area contributed by atoms with Crippen LogP contribution in [0.4, 0.5) is 0 Å². The Morgan fingerprint density at radius 2 is 2.05 bits per heavy atom. The van der Waals surface area contributed by atoms with Crippen LogP contribution in [0, 0.1) is 20.8 Å². The highest BCUT2D eigenvalue weighted by atomic mass is 16.5. The second-order valence-corrected chi connectivity index (χ2v) is 4.69. The fraction of sp³-hybridized carbons (Fsp3) is 0.357. The second-order valence-electron chi connectivity index (χ2n) is 4.69. The van der Waals surface area contributed by atoms with Crippen molar-refractivity contribution in [2.45, 2.75) is 34.3 Å². The minimum Gasteiger partial charge on any atom is -0.454 e. The average molecular weight is 276 g/mol. The Hall–Kier alpha value is -2.37. The number of aromatic amines is 1. The number of rotatable bonds is 4. The third-order valence-corrected chi connectivity index (χ3v) is 3.02. The molecule has 0 amide bonds. The zero-order valence-electron chi connectivity index (χ0n) is 11.9. The Balaban J connectivity index is 2.14. The van der Waals surface area contributed by atoms with Gasteiger partial charge in [-0.3, -0.25) is 4.79 Å². The zero-order valence-corrected chi connectivity index (χ0v) is 11.9. The first-order chi connectivity index (χ1) is 9.40. The summed E-state index contributed by atoms with van der Waals surface area (Å²) in [6.07, 6.45) is 0. The lowest BCUT2D eigenvalue weighted by Crippen LogP contribution is -2.08. The van der Waals surface area contributed by atoms with Crippen LogP contribution in [0.25, 0.3) is 0 Å². The highest BCUT2D eigenvalue weighted by Crippen LogP contribution is 2.19. The van der Waals surface area contributed by atoms with Gasteiger partial charge >= 0.3 is 5.97 Å². The zero-order chi connectivity index (χ0) is 14.9. The highest BCUT2D eigenvalue weighted by molar-refractivity contribution is 6.01. The number of hydrogen-bond donors (Lipinski definition) is 1. The maximum Gasteiger partial charge on any atom is 0.355 e. The van der Waals surface area contributed by atoms with Crippen molar-refractivity contribution in [3.63, 3.8) is 0 Å². The molecular formula is C14H16N2O4. The summed E-state index contributed by atoms with van der Waals surface area (Å²) in [7, 11) is 0. The van der Waals surface area contributed by atoms with Gasteiger partial charge in [0, 0.05) is 17.3 Å². The summed E-state index contributed by atoms with van der Waals surface area (Å²) in [6, 6.07) is 1.70. The topological polar surface area (TPSA) is 85.2 Å². The summed E-state index contributed by atoms with van der Waals surface area (Å²) in [5.74, 6) is 0.0583. The predicted molar refractivity (Wildman–Crippen MR) is 70.6 cm³/mol. The number of aryl methyl sites for hydroxylation is 2. The van der Waals surface area contributed by atoms with Crippen LogP contribution in [0.3, 0.4) is 0 Å². The lowest BCUT2D eigenvalue weighted by atomic mass is 10.1. The summed E-state index contributed by atoms with van der Waals surface area (Å²) in [5.41, 5.74) is 2.65. The van der Waals surface area contributed by atoms with Crippen molar-refractivity contribution in [1.29, 1.82) is 0 Å². The Morgan fingerprint density at radius 1 is 1.35 bits per heavy atom. The first-order valence-electron chi connectivity index (χ1n) is 6.19. The molecule has 106 valence electrons. The number of carbonyl (C=O) groups excluding carboxylic acids is 2. The first-order valence-corrected chi connectivity index (χ1v) is 6.19. The maximum atomic E-state index is 12.0. The normalized spacial score (nSPS) is 10.6. The molecule has 0 radical (unpaired) electrons. The molecule has 0 saturated heterocycles. The van der Waals surface area contributed by atoms with Gasteiger partial charge in [-0.05, 0) is 33.3 Å². The molecule has 2 rings (SSSR count). The molecule has 2 aromatic heterocycles. The van der Waals surface area contributed by atoms with Crippen LogP contribution in [-0.2, 0) is 11.3 Å². The summed E-state index contributed by atoms with van der Waals surface area (Å²) in [5, 5.41) is 3.74. The van der Waals surface area contributed by atoms with E-state index < -0.39 is 5.97 Å². The number of ether oxygens (including phenoxy) is 1. The third-order valence-electron chi connectivity index (χ3n) is 3.02. The molecule has 20 heavy (non-hydrogen) atoms. The van der Waals surface area contributed by atoms with Crippen molar-refractivity contribution in [2.24, 2.45) is 0 Å². The summed E-state index contributed by atoms with van der Waals surface area (Å²) in [6.45, 7) is 6.73. The van der Waals surface area contributed by atoms with Crippen LogP contribution in [0.1, 0.15) is 50.5 Å². The fourth-order valence-electron chi connectivity index (χ4n) is 2.18. The van der Waals surface area contributed by atoms with E-state index in [1.54, 1.807) is 26.8 Å². The molecule has 0 aromatic carbocycles. The van der Waals surface area contributed by atoms with Crippen LogP contribution in [0.15, 0.2) is 10.6 Å². The molecule has 0 unspecified atom stereocenters. The van der Waals surface area contributed by atoms with Gasteiger partial charge in [-0.2, -0.15) is 0 Å². The highest BCUT2D eigenvalue weighted by Gasteiger charge is 2.21. The molecule has 0 fully saturated rings. The van der Waals surface area contributed by atoms with E-state index >= 15 is 0 Å². The average Bonchev–Trinajstić information content (AvgIpc) is 2.90. The van der Waals surface area contributed by atoms with E-state index in [-0.39, 0.29) is 12.4 Å². The van der Waals surface area contributed by atoms with E-state index in [2.05, 4.69) is 10.1 Å². The van der Waals surface area contributed by atoms with Crippen LogP contribution in [-0.4, -0.2) is 21.9 Å². The molecule has 1 N–H and O–H groups in total. The Labute approximate surface area is 116 Å². The smallest absolute Gasteiger partial charge is 0.355 e. The summed E-state index contributed by atoms with van der Waals surface area (Å²) in [4.78, 5) is 26.4. The fourth-order valence-corrected chi connectivity index (χ4v) is 2.18. The van der Waals surface area contributed by atoms with Crippen LogP contribution in [0.2, 0.25) is 0 Å². The number of Topliss-reactive ketones (excluding diaryl/α,β-unsaturated/α-hetero) is 1. The summed E-state index contributed by atoms with van der Waals surface area (Å²) < 4.78 is 10.0. The molecular weight excluding hydrogens is 260 g/mol. The number of esters is 1. The Morgan fingerprint density at radius 3 is 2.55 bits per heavy atom. The van der Waals surface area contributed by atoms with Crippen molar-refractivity contribution in [3.05, 3.63) is 40.0 Å². The molecule has 0 spiro atoms. The van der Waals surface area contributed by atoms with E-state index in [1.165, 1.54) is 6.92 Å². The number of nitrogens with zero attached hydrogens (tertiary/aromatic N) is 1. The van der Waals surface area contributed by atoms with Gasteiger partial charge in [-0.25, -0.2) is 4.79 Å².